The van der Waals surface area contributed by atoms with Crippen LogP contribution in [-0.2, 0) is 4.74 Å². The predicted molar refractivity (Wildman–Crippen MR) is 71.0 cm³/mol. The summed E-state index contributed by atoms with van der Waals surface area (Å²) in [5.74, 6) is -1.70. The summed E-state index contributed by atoms with van der Waals surface area (Å²) < 4.78 is 4.96. The third-order valence-electron chi connectivity index (χ3n) is 2.11. The molecule has 0 heterocycles. The summed E-state index contributed by atoms with van der Waals surface area (Å²) in [5, 5.41) is 30.4. The van der Waals surface area contributed by atoms with Crippen LogP contribution < -0.4 is 0 Å². The first-order valence-electron chi connectivity index (χ1n) is 5.93. The average molecular weight is 284 g/mol. The average Bonchev–Trinajstić information content (AvgIpc) is 2.38. The van der Waals surface area contributed by atoms with Gasteiger partial charge >= 0.3 is 19.3 Å². The number of hydrogen-bond donors (Lipinski definition) is 4. The van der Waals surface area contributed by atoms with Gasteiger partial charge in [0.05, 0.1) is 17.7 Å². The van der Waals surface area contributed by atoms with Crippen LogP contribution in [0, 0.1) is 0 Å². The van der Waals surface area contributed by atoms with Gasteiger partial charge in [-0.15, -0.1) is 0 Å². The van der Waals surface area contributed by atoms with Crippen LogP contribution in [0.2, 0.25) is 0 Å². The van der Waals surface area contributed by atoms with Crippen molar-refractivity contribution in [3.05, 3.63) is 35.4 Å². The summed E-state index contributed by atoms with van der Waals surface area (Å²) in [5.41, 5.74) is 0.0788. The number of benzene rings is 1. The van der Waals surface area contributed by atoms with Crippen LogP contribution in [-0.4, -0.2) is 46.0 Å². The van der Waals surface area contributed by atoms with Crippen LogP contribution in [0.5, 0.6) is 0 Å². The molecule has 0 aliphatic carbocycles. The zero-order valence-electron chi connectivity index (χ0n) is 11.0. The smallest absolute Gasteiger partial charge is 0.478 e. The van der Waals surface area contributed by atoms with Gasteiger partial charge in [0.1, 0.15) is 0 Å². The van der Waals surface area contributed by atoms with Crippen LogP contribution in [0.15, 0.2) is 24.3 Å². The molecular formula is C12H17BO7. The minimum absolute atomic E-state index is 0.0241. The lowest BCUT2D eigenvalue weighted by molar-refractivity contribution is 0.0489. The number of esters is 1. The van der Waals surface area contributed by atoms with Crippen molar-refractivity contribution in [1.82, 2.24) is 0 Å². The van der Waals surface area contributed by atoms with Gasteiger partial charge < -0.3 is 24.9 Å². The highest BCUT2D eigenvalue weighted by Gasteiger charge is 2.16. The van der Waals surface area contributed by atoms with E-state index in [1.807, 2.05) is 6.92 Å². The van der Waals surface area contributed by atoms with E-state index in [0.29, 0.717) is 6.61 Å². The summed E-state index contributed by atoms with van der Waals surface area (Å²) in [6.07, 6.45) is 1.70. The Morgan fingerprint density at radius 2 is 1.65 bits per heavy atom. The second-order valence-corrected chi connectivity index (χ2v) is 3.69. The lowest BCUT2D eigenvalue weighted by Gasteiger charge is -2.06. The molecule has 0 aromatic heterocycles. The molecule has 0 saturated heterocycles. The molecule has 0 bridgehead atoms. The van der Waals surface area contributed by atoms with Gasteiger partial charge in [-0.3, -0.25) is 0 Å². The molecule has 0 aliphatic heterocycles. The molecule has 1 aromatic carbocycles. The Kier molecular flexibility index (Phi) is 9.02. The first-order chi connectivity index (χ1) is 9.40. The van der Waals surface area contributed by atoms with E-state index in [2.05, 4.69) is 0 Å². The van der Waals surface area contributed by atoms with Gasteiger partial charge in [-0.05, 0) is 18.6 Å². The highest BCUT2D eigenvalue weighted by atomic mass is 16.5. The molecule has 7 nitrogen and oxygen atoms in total. The zero-order chi connectivity index (χ0) is 15.5. The molecule has 0 saturated carbocycles. The summed E-state index contributed by atoms with van der Waals surface area (Å²) >= 11 is 0. The second kappa shape index (κ2) is 9.96. The van der Waals surface area contributed by atoms with Crippen LogP contribution in [0.25, 0.3) is 0 Å². The highest BCUT2D eigenvalue weighted by Crippen LogP contribution is 2.10. The lowest BCUT2D eigenvalue weighted by atomic mass is 10.1. The number of hydrogen-bond acceptors (Lipinski definition) is 6. The van der Waals surface area contributed by atoms with Gasteiger partial charge in [0.15, 0.2) is 0 Å². The van der Waals surface area contributed by atoms with E-state index in [-0.39, 0.29) is 11.1 Å². The van der Waals surface area contributed by atoms with E-state index in [1.165, 1.54) is 12.1 Å². The Morgan fingerprint density at radius 3 is 2.10 bits per heavy atom. The predicted octanol–water partition coefficient (Wildman–Crippen LogP) is 0.290. The molecule has 8 heteroatoms. The first-order valence-corrected chi connectivity index (χ1v) is 5.93. The molecule has 0 spiro atoms. The van der Waals surface area contributed by atoms with Crippen LogP contribution in [0.3, 0.4) is 0 Å². The van der Waals surface area contributed by atoms with Crippen molar-refractivity contribution in [3.8, 4) is 0 Å². The molecule has 110 valence electrons. The van der Waals surface area contributed by atoms with E-state index in [1.54, 1.807) is 12.1 Å². The van der Waals surface area contributed by atoms with Crippen molar-refractivity contribution >= 4 is 19.3 Å². The number of carbonyl (C=O) groups is 2. The number of aromatic carboxylic acids is 1. The lowest BCUT2D eigenvalue weighted by Crippen LogP contribution is -2.12. The minimum Gasteiger partial charge on any atom is -0.478 e. The topological polar surface area (TPSA) is 124 Å². The van der Waals surface area contributed by atoms with Gasteiger partial charge in [-0.1, -0.05) is 25.5 Å². The third-order valence-corrected chi connectivity index (χ3v) is 2.11. The number of unbranched alkanes of at least 4 members (excludes halogenated alkanes) is 1. The summed E-state index contributed by atoms with van der Waals surface area (Å²) in [7, 11) is -2.17. The number of carbonyl (C=O) groups excluding carboxylic acids is 1. The largest absolute Gasteiger partial charge is 0.631 e. The summed E-state index contributed by atoms with van der Waals surface area (Å²) in [6, 6.07) is 6.03. The fourth-order valence-corrected chi connectivity index (χ4v) is 1.23. The monoisotopic (exact) mass is 284 g/mol. The maximum absolute atomic E-state index is 11.6. The number of carboxylic acids is 1. The number of rotatable bonds is 5. The van der Waals surface area contributed by atoms with Crippen molar-refractivity contribution in [3.63, 3.8) is 0 Å². The number of carboxylic acid groups (broad SMARTS) is 1. The van der Waals surface area contributed by atoms with Crippen LogP contribution >= 0.6 is 0 Å². The Bertz CT molecular complexity index is 431. The molecular weight excluding hydrogens is 267 g/mol. The molecule has 20 heavy (non-hydrogen) atoms. The third kappa shape index (κ3) is 7.52. The Labute approximate surface area is 116 Å². The van der Waals surface area contributed by atoms with Crippen LogP contribution in [0.4, 0.5) is 0 Å². The number of ether oxygens (including phenoxy) is 1. The van der Waals surface area contributed by atoms with E-state index >= 15 is 0 Å². The van der Waals surface area contributed by atoms with Crippen molar-refractivity contribution in [2.75, 3.05) is 6.61 Å². The van der Waals surface area contributed by atoms with Gasteiger partial charge in [-0.25, -0.2) is 9.59 Å². The van der Waals surface area contributed by atoms with Crippen molar-refractivity contribution in [2.24, 2.45) is 0 Å². The van der Waals surface area contributed by atoms with Gasteiger partial charge in [0.25, 0.3) is 0 Å². The molecule has 1 aromatic rings. The standard InChI is InChI=1S/C12H14O4.BH3O3/c1-2-3-8-16-12(15)10-7-5-4-6-9(10)11(13)14;2-1(3)4/h4-7H,2-3,8H2,1H3,(H,13,14);2-4H. The summed E-state index contributed by atoms with van der Waals surface area (Å²) in [6.45, 7) is 2.31. The van der Waals surface area contributed by atoms with E-state index in [9.17, 15) is 9.59 Å². The zero-order valence-corrected chi connectivity index (χ0v) is 11.0. The molecule has 0 aliphatic rings. The van der Waals surface area contributed by atoms with E-state index < -0.39 is 19.3 Å². The molecule has 0 amide bonds. The normalized spacial score (nSPS) is 9.20. The molecule has 0 unspecified atom stereocenters. The fourth-order valence-electron chi connectivity index (χ4n) is 1.23. The van der Waals surface area contributed by atoms with Gasteiger partial charge in [0, 0.05) is 0 Å². The Balaban J connectivity index is 0.000000796. The molecule has 4 N–H and O–H groups in total. The van der Waals surface area contributed by atoms with Crippen molar-refractivity contribution in [1.29, 1.82) is 0 Å². The van der Waals surface area contributed by atoms with Gasteiger partial charge in [-0.2, -0.15) is 0 Å². The minimum atomic E-state index is -2.17. The fraction of sp³-hybridized carbons (Fsp3) is 0.333. The van der Waals surface area contributed by atoms with E-state index in [0.717, 1.165) is 12.8 Å². The first kappa shape index (κ1) is 18.1. The SMILES string of the molecule is CCCCOC(=O)c1ccccc1C(=O)O.OB(O)O. The molecule has 0 atom stereocenters. The molecule has 0 fully saturated rings. The second-order valence-electron chi connectivity index (χ2n) is 3.69. The Morgan fingerprint density at radius 1 is 1.15 bits per heavy atom. The van der Waals surface area contributed by atoms with Crippen LogP contribution in [0.1, 0.15) is 40.5 Å². The Hall–Kier alpha value is -1.90. The van der Waals surface area contributed by atoms with E-state index in [4.69, 9.17) is 24.9 Å². The maximum Gasteiger partial charge on any atom is 0.631 e. The maximum atomic E-state index is 11.6. The molecule has 0 radical (unpaired) electrons. The van der Waals surface area contributed by atoms with Crippen molar-refractivity contribution in [2.45, 2.75) is 19.8 Å². The highest BCUT2D eigenvalue weighted by molar-refractivity contribution is 6.30. The quantitative estimate of drug-likeness (QED) is 0.348. The van der Waals surface area contributed by atoms with Crippen molar-refractivity contribution < 1.29 is 34.5 Å². The summed E-state index contributed by atoms with van der Waals surface area (Å²) in [4.78, 5) is 22.4. The van der Waals surface area contributed by atoms with Gasteiger partial charge in [0.2, 0.25) is 0 Å². The molecule has 1 rings (SSSR count).